The molecular formula is C23H21F3O2. The Morgan fingerprint density at radius 1 is 0.786 bits per heavy atom. The molecule has 0 aromatic heterocycles. The van der Waals surface area contributed by atoms with Crippen LogP contribution in [0.2, 0.25) is 0 Å². The molecule has 28 heavy (non-hydrogen) atoms. The van der Waals surface area contributed by atoms with Crippen LogP contribution in [0.1, 0.15) is 25.0 Å². The molecule has 0 atom stereocenters. The van der Waals surface area contributed by atoms with Crippen molar-refractivity contribution in [2.24, 2.45) is 0 Å². The summed E-state index contributed by atoms with van der Waals surface area (Å²) in [5.74, 6) is -1.89. The molecule has 0 aliphatic carbocycles. The van der Waals surface area contributed by atoms with Gasteiger partial charge in [-0.3, -0.25) is 0 Å². The molecule has 0 aliphatic rings. The second kappa shape index (κ2) is 8.83. The van der Waals surface area contributed by atoms with E-state index in [4.69, 9.17) is 9.47 Å². The van der Waals surface area contributed by atoms with Crippen molar-refractivity contribution in [3.63, 3.8) is 0 Å². The van der Waals surface area contributed by atoms with Crippen molar-refractivity contribution in [2.45, 2.75) is 26.9 Å². The Bertz CT molecular complexity index is 953. The van der Waals surface area contributed by atoms with E-state index in [1.54, 1.807) is 43.3 Å². The third-order valence-electron chi connectivity index (χ3n) is 4.42. The number of ether oxygens (including phenoxy) is 2. The van der Waals surface area contributed by atoms with Gasteiger partial charge < -0.3 is 9.47 Å². The Morgan fingerprint density at radius 2 is 1.54 bits per heavy atom. The van der Waals surface area contributed by atoms with Gasteiger partial charge in [0.1, 0.15) is 18.2 Å². The fraction of sp³-hybridized carbons (Fsp3) is 0.217. The summed E-state index contributed by atoms with van der Waals surface area (Å²) in [5, 5.41) is 0. The van der Waals surface area contributed by atoms with Gasteiger partial charge in [0.05, 0.1) is 6.61 Å². The minimum absolute atomic E-state index is 0.102. The molecule has 3 aromatic rings. The molecule has 0 radical (unpaired) electrons. The Kier molecular flexibility index (Phi) is 6.24. The average Bonchev–Trinajstić information content (AvgIpc) is 2.71. The molecule has 0 saturated carbocycles. The molecule has 3 aromatic carbocycles. The number of aryl methyl sites for hydroxylation is 1. The van der Waals surface area contributed by atoms with E-state index < -0.39 is 11.6 Å². The van der Waals surface area contributed by atoms with Crippen LogP contribution in [-0.4, -0.2) is 6.61 Å². The third-order valence-corrected chi connectivity index (χ3v) is 4.42. The molecule has 0 bridgehead atoms. The zero-order chi connectivity index (χ0) is 20.1. The summed E-state index contributed by atoms with van der Waals surface area (Å²) in [6.45, 7) is 4.10. The van der Waals surface area contributed by atoms with Gasteiger partial charge in [0.2, 0.25) is 5.82 Å². The number of hydrogen-bond acceptors (Lipinski definition) is 2. The first kappa shape index (κ1) is 19.8. The SMILES string of the molecule is CCOc1ccc(-c2ccc(COc3ccc(CC)c(F)c3)cc2)c(F)c1F. The fourth-order valence-corrected chi connectivity index (χ4v) is 2.87. The van der Waals surface area contributed by atoms with Crippen molar-refractivity contribution in [1.29, 1.82) is 0 Å². The van der Waals surface area contributed by atoms with Crippen molar-refractivity contribution in [2.75, 3.05) is 6.61 Å². The maximum atomic E-state index is 14.3. The maximum absolute atomic E-state index is 14.3. The van der Waals surface area contributed by atoms with E-state index in [0.717, 1.165) is 5.56 Å². The first-order chi connectivity index (χ1) is 13.5. The molecule has 0 saturated heterocycles. The lowest BCUT2D eigenvalue weighted by molar-refractivity contribution is 0.304. The van der Waals surface area contributed by atoms with Crippen molar-refractivity contribution < 1.29 is 22.6 Å². The van der Waals surface area contributed by atoms with E-state index >= 15 is 0 Å². The molecule has 5 heteroatoms. The largest absolute Gasteiger partial charge is 0.491 e. The Hall–Kier alpha value is -2.95. The molecule has 0 N–H and O–H groups in total. The van der Waals surface area contributed by atoms with Gasteiger partial charge in [-0.25, -0.2) is 8.78 Å². The van der Waals surface area contributed by atoms with Crippen LogP contribution in [0, 0.1) is 17.5 Å². The van der Waals surface area contributed by atoms with Gasteiger partial charge in [-0.15, -0.1) is 0 Å². The molecule has 0 heterocycles. The summed E-state index contributed by atoms with van der Waals surface area (Å²) in [7, 11) is 0. The van der Waals surface area contributed by atoms with E-state index in [0.29, 0.717) is 23.3 Å². The molecule has 0 amide bonds. The molecule has 0 aliphatic heterocycles. The van der Waals surface area contributed by atoms with Crippen LogP contribution in [0.5, 0.6) is 11.5 Å². The quantitative estimate of drug-likeness (QED) is 0.474. The zero-order valence-corrected chi connectivity index (χ0v) is 15.8. The van der Waals surface area contributed by atoms with E-state index in [9.17, 15) is 13.2 Å². The highest BCUT2D eigenvalue weighted by Gasteiger charge is 2.15. The molecule has 0 fully saturated rings. The van der Waals surface area contributed by atoms with E-state index in [2.05, 4.69) is 0 Å². The van der Waals surface area contributed by atoms with E-state index in [1.165, 1.54) is 18.2 Å². The van der Waals surface area contributed by atoms with Crippen LogP contribution < -0.4 is 9.47 Å². The predicted molar refractivity (Wildman–Crippen MR) is 103 cm³/mol. The highest BCUT2D eigenvalue weighted by Crippen LogP contribution is 2.30. The molecule has 146 valence electrons. The summed E-state index contributed by atoms with van der Waals surface area (Å²) < 4.78 is 52.9. The molecule has 3 rings (SSSR count). The number of halogens is 3. The van der Waals surface area contributed by atoms with Gasteiger partial charge >= 0.3 is 0 Å². The van der Waals surface area contributed by atoms with E-state index in [-0.39, 0.29) is 30.3 Å². The van der Waals surface area contributed by atoms with Crippen LogP contribution >= 0.6 is 0 Å². The molecular weight excluding hydrogens is 365 g/mol. The Morgan fingerprint density at radius 3 is 2.18 bits per heavy atom. The number of benzene rings is 3. The average molecular weight is 386 g/mol. The maximum Gasteiger partial charge on any atom is 0.201 e. The lowest BCUT2D eigenvalue weighted by Gasteiger charge is -2.11. The lowest BCUT2D eigenvalue weighted by Crippen LogP contribution is -1.99. The van der Waals surface area contributed by atoms with Crippen molar-refractivity contribution in [3.8, 4) is 22.6 Å². The highest BCUT2D eigenvalue weighted by molar-refractivity contribution is 5.65. The lowest BCUT2D eigenvalue weighted by atomic mass is 10.0. The van der Waals surface area contributed by atoms with Gasteiger partial charge in [-0.05, 0) is 48.2 Å². The minimum Gasteiger partial charge on any atom is -0.491 e. The second-order valence-corrected chi connectivity index (χ2v) is 6.26. The number of rotatable bonds is 7. The van der Waals surface area contributed by atoms with Crippen molar-refractivity contribution in [1.82, 2.24) is 0 Å². The topological polar surface area (TPSA) is 18.5 Å². The Labute approximate surface area is 162 Å². The van der Waals surface area contributed by atoms with Gasteiger partial charge in [0.25, 0.3) is 0 Å². The van der Waals surface area contributed by atoms with Gasteiger partial charge in [-0.2, -0.15) is 4.39 Å². The monoisotopic (exact) mass is 386 g/mol. The van der Waals surface area contributed by atoms with Crippen molar-refractivity contribution in [3.05, 3.63) is 83.2 Å². The third kappa shape index (κ3) is 4.30. The smallest absolute Gasteiger partial charge is 0.201 e. The van der Waals surface area contributed by atoms with Crippen LogP contribution in [-0.2, 0) is 13.0 Å². The summed E-state index contributed by atoms with van der Waals surface area (Å²) >= 11 is 0. The fourth-order valence-electron chi connectivity index (χ4n) is 2.87. The first-order valence-electron chi connectivity index (χ1n) is 9.14. The summed E-state index contributed by atoms with van der Waals surface area (Å²) in [6, 6.07) is 14.6. The Balaban J connectivity index is 1.72. The van der Waals surface area contributed by atoms with Crippen LogP contribution in [0.15, 0.2) is 54.6 Å². The second-order valence-electron chi connectivity index (χ2n) is 6.26. The molecule has 2 nitrogen and oxygen atoms in total. The highest BCUT2D eigenvalue weighted by atomic mass is 19.2. The minimum atomic E-state index is -0.996. The van der Waals surface area contributed by atoms with Crippen molar-refractivity contribution >= 4 is 0 Å². The summed E-state index contributed by atoms with van der Waals surface area (Å²) in [4.78, 5) is 0. The van der Waals surface area contributed by atoms with Crippen LogP contribution in [0.4, 0.5) is 13.2 Å². The van der Waals surface area contributed by atoms with Crippen LogP contribution in [0.3, 0.4) is 0 Å². The number of hydrogen-bond donors (Lipinski definition) is 0. The van der Waals surface area contributed by atoms with Gasteiger partial charge in [0.15, 0.2) is 11.6 Å². The predicted octanol–water partition coefficient (Wildman–Crippen LogP) is 6.31. The van der Waals surface area contributed by atoms with Gasteiger partial charge in [-0.1, -0.05) is 37.3 Å². The van der Waals surface area contributed by atoms with E-state index in [1.807, 2.05) is 6.92 Å². The zero-order valence-electron chi connectivity index (χ0n) is 15.8. The molecule has 0 spiro atoms. The van der Waals surface area contributed by atoms with Gasteiger partial charge in [0, 0.05) is 11.6 Å². The molecule has 0 unspecified atom stereocenters. The normalized spacial score (nSPS) is 10.8. The summed E-state index contributed by atoms with van der Waals surface area (Å²) in [6.07, 6.45) is 0.621. The first-order valence-corrected chi connectivity index (χ1v) is 9.14. The van der Waals surface area contributed by atoms with Crippen LogP contribution in [0.25, 0.3) is 11.1 Å². The standard InChI is InChI=1S/C23H21F3O2/c1-3-16-9-10-18(13-20(16)24)28-14-15-5-7-17(8-6-15)19-11-12-21(27-4-2)23(26)22(19)25/h5-13H,3-4,14H2,1-2H3. The summed E-state index contributed by atoms with van der Waals surface area (Å²) in [5.41, 5.74) is 2.17.